The van der Waals surface area contributed by atoms with Crippen LogP contribution in [0.1, 0.15) is 23.0 Å². The van der Waals surface area contributed by atoms with Crippen molar-refractivity contribution in [2.75, 3.05) is 5.32 Å². The highest BCUT2D eigenvalue weighted by Gasteiger charge is 2.01. The van der Waals surface area contributed by atoms with E-state index in [1.807, 2.05) is 12.1 Å². The number of nitrogens with two attached hydrogens (primary N) is 1. The summed E-state index contributed by atoms with van der Waals surface area (Å²) in [6.45, 7) is 1.91. The van der Waals surface area contributed by atoms with Gasteiger partial charge >= 0.3 is 0 Å². The van der Waals surface area contributed by atoms with Gasteiger partial charge in [-0.1, -0.05) is 0 Å². The largest absolute Gasteiger partial charge is 0.325 e. The lowest BCUT2D eigenvalue weighted by molar-refractivity contribution is 0.101. The Morgan fingerprint density at radius 3 is 2.61 bits per heavy atom. The molecule has 5 heteroatoms. The van der Waals surface area contributed by atoms with Gasteiger partial charge in [-0.15, -0.1) is 0 Å². The van der Waals surface area contributed by atoms with Gasteiger partial charge in [0.1, 0.15) is 0 Å². The van der Waals surface area contributed by atoms with Gasteiger partial charge in [0, 0.05) is 24.0 Å². The zero-order valence-corrected chi connectivity index (χ0v) is 10.1. The number of carbonyl (C=O) groups is 1. The number of hydrogen-bond acceptors (Lipinski definition) is 5. The molecule has 0 bridgehead atoms. The van der Waals surface area contributed by atoms with Crippen LogP contribution in [0.3, 0.4) is 0 Å². The Kier molecular flexibility index (Phi) is 3.64. The fourth-order valence-corrected chi connectivity index (χ4v) is 1.49. The highest BCUT2D eigenvalue weighted by atomic mass is 16.1. The molecule has 1 aromatic heterocycles. The Morgan fingerprint density at radius 2 is 2.00 bits per heavy atom. The van der Waals surface area contributed by atoms with Crippen LogP contribution in [-0.2, 0) is 6.54 Å². The molecule has 2 aromatic rings. The molecule has 92 valence electrons. The van der Waals surface area contributed by atoms with Gasteiger partial charge in [-0.3, -0.25) is 4.79 Å². The number of aromatic nitrogens is 2. The predicted octanol–water partition coefficient (Wildman–Crippen LogP) is 1.88. The van der Waals surface area contributed by atoms with Crippen LogP contribution < -0.4 is 11.1 Å². The summed E-state index contributed by atoms with van der Waals surface area (Å²) in [5, 5.41) is 3.06. The third-order valence-corrected chi connectivity index (χ3v) is 2.47. The van der Waals surface area contributed by atoms with Gasteiger partial charge in [0.2, 0.25) is 5.95 Å². The van der Waals surface area contributed by atoms with E-state index in [4.69, 9.17) is 5.73 Å². The molecular formula is C13H14N4O. The molecule has 0 atom stereocenters. The average molecular weight is 242 g/mol. The van der Waals surface area contributed by atoms with Crippen LogP contribution in [-0.4, -0.2) is 15.8 Å². The van der Waals surface area contributed by atoms with Crippen LogP contribution in [0.25, 0.3) is 0 Å². The summed E-state index contributed by atoms with van der Waals surface area (Å²) < 4.78 is 0. The Balaban J connectivity index is 2.15. The normalized spacial score (nSPS) is 10.1. The van der Waals surface area contributed by atoms with Crippen molar-refractivity contribution < 1.29 is 4.79 Å². The van der Waals surface area contributed by atoms with Crippen molar-refractivity contribution in [3.05, 3.63) is 47.8 Å². The molecule has 3 N–H and O–H groups in total. The maximum Gasteiger partial charge on any atom is 0.227 e. The predicted molar refractivity (Wildman–Crippen MR) is 69.7 cm³/mol. The van der Waals surface area contributed by atoms with Gasteiger partial charge in [0.05, 0.1) is 5.69 Å². The summed E-state index contributed by atoms with van der Waals surface area (Å²) in [5.41, 5.74) is 7.79. The third-order valence-electron chi connectivity index (χ3n) is 2.47. The summed E-state index contributed by atoms with van der Waals surface area (Å²) in [7, 11) is 0. The minimum atomic E-state index is 0.0444. The Labute approximate surface area is 105 Å². The summed E-state index contributed by atoms with van der Waals surface area (Å²) in [5.74, 6) is 0.538. The van der Waals surface area contributed by atoms with Gasteiger partial charge in [0.25, 0.3) is 0 Å². The monoisotopic (exact) mass is 242 g/mol. The van der Waals surface area contributed by atoms with Crippen molar-refractivity contribution in [3.63, 3.8) is 0 Å². The van der Waals surface area contributed by atoms with Gasteiger partial charge in [0.15, 0.2) is 5.78 Å². The minimum absolute atomic E-state index is 0.0444. The summed E-state index contributed by atoms with van der Waals surface area (Å²) in [4.78, 5) is 19.5. The van der Waals surface area contributed by atoms with E-state index in [-0.39, 0.29) is 5.78 Å². The number of ketones is 1. The number of Topliss-reactive ketones (excluding diaryl/α,β-unsaturated/α-hetero) is 1. The molecule has 0 aliphatic rings. The van der Waals surface area contributed by atoms with Crippen LogP contribution in [0, 0.1) is 0 Å². The smallest absolute Gasteiger partial charge is 0.227 e. The lowest BCUT2D eigenvalue weighted by atomic mass is 10.1. The number of carbonyl (C=O) groups excluding carboxylic acids is 1. The van der Waals surface area contributed by atoms with E-state index in [0.717, 1.165) is 11.4 Å². The molecule has 1 aromatic carbocycles. The van der Waals surface area contributed by atoms with Crippen molar-refractivity contribution in [1.29, 1.82) is 0 Å². The second-order valence-electron chi connectivity index (χ2n) is 3.83. The number of benzene rings is 1. The standard InChI is InChI=1S/C13H14N4O/c1-9(18)10-2-4-11(5-3-10)16-13-15-7-6-12(8-14)17-13/h2-7H,8,14H2,1H3,(H,15,16,17). The van der Waals surface area contributed by atoms with Crippen LogP contribution in [0.2, 0.25) is 0 Å². The first-order valence-corrected chi connectivity index (χ1v) is 5.59. The van der Waals surface area contributed by atoms with Crippen molar-refractivity contribution in [2.24, 2.45) is 5.73 Å². The molecule has 18 heavy (non-hydrogen) atoms. The van der Waals surface area contributed by atoms with Gasteiger partial charge in [-0.05, 0) is 37.3 Å². The van der Waals surface area contributed by atoms with E-state index < -0.39 is 0 Å². The number of nitrogens with one attached hydrogen (secondary N) is 1. The van der Waals surface area contributed by atoms with Crippen molar-refractivity contribution in [2.45, 2.75) is 13.5 Å². The Morgan fingerprint density at radius 1 is 1.28 bits per heavy atom. The highest BCUT2D eigenvalue weighted by molar-refractivity contribution is 5.94. The zero-order valence-electron chi connectivity index (χ0n) is 10.1. The lowest BCUT2D eigenvalue weighted by Crippen LogP contribution is -2.03. The second kappa shape index (κ2) is 5.37. The Hall–Kier alpha value is -2.27. The third kappa shape index (κ3) is 2.89. The first-order chi connectivity index (χ1) is 8.69. The van der Waals surface area contributed by atoms with Crippen LogP contribution in [0.5, 0.6) is 0 Å². The zero-order chi connectivity index (χ0) is 13.0. The van der Waals surface area contributed by atoms with E-state index in [2.05, 4.69) is 15.3 Å². The molecule has 0 saturated carbocycles. The van der Waals surface area contributed by atoms with E-state index in [0.29, 0.717) is 18.1 Å². The molecule has 0 spiro atoms. The topological polar surface area (TPSA) is 80.9 Å². The molecule has 0 aliphatic heterocycles. The molecule has 1 heterocycles. The molecule has 0 fully saturated rings. The quantitative estimate of drug-likeness (QED) is 0.800. The lowest BCUT2D eigenvalue weighted by Gasteiger charge is -2.06. The van der Waals surface area contributed by atoms with E-state index in [9.17, 15) is 4.79 Å². The minimum Gasteiger partial charge on any atom is -0.325 e. The maximum atomic E-state index is 11.1. The van der Waals surface area contributed by atoms with Crippen LogP contribution in [0.15, 0.2) is 36.5 Å². The van der Waals surface area contributed by atoms with Crippen LogP contribution in [0.4, 0.5) is 11.6 Å². The van der Waals surface area contributed by atoms with Crippen LogP contribution >= 0.6 is 0 Å². The molecule has 0 saturated heterocycles. The summed E-state index contributed by atoms with van der Waals surface area (Å²) in [6, 6.07) is 8.92. The highest BCUT2D eigenvalue weighted by Crippen LogP contribution is 2.14. The first-order valence-electron chi connectivity index (χ1n) is 5.59. The van der Waals surface area contributed by atoms with Crippen molar-refractivity contribution >= 4 is 17.4 Å². The molecule has 0 radical (unpaired) electrons. The summed E-state index contributed by atoms with van der Waals surface area (Å²) in [6.07, 6.45) is 1.65. The van der Waals surface area contributed by atoms with E-state index >= 15 is 0 Å². The molecule has 0 amide bonds. The number of anilines is 2. The molecule has 5 nitrogen and oxygen atoms in total. The van der Waals surface area contributed by atoms with Gasteiger partial charge < -0.3 is 11.1 Å². The van der Waals surface area contributed by atoms with E-state index in [1.54, 1.807) is 24.4 Å². The first kappa shape index (κ1) is 12.2. The number of hydrogen-bond donors (Lipinski definition) is 2. The van der Waals surface area contributed by atoms with Crippen molar-refractivity contribution in [3.8, 4) is 0 Å². The number of rotatable bonds is 4. The van der Waals surface area contributed by atoms with E-state index in [1.165, 1.54) is 6.92 Å². The number of nitrogens with zero attached hydrogens (tertiary/aromatic N) is 2. The molecule has 2 rings (SSSR count). The van der Waals surface area contributed by atoms with Gasteiger partial charge in [-0.25, -0.2) is 9.97 Å². The fourth-order valence-electron chi connectivity index (χ4n) is 1.49. The fraction of sp³-hybridized carbons (Fsp3) is 0.154. The SMILES string of the molecule is CC(=O)c1ccc(Nc2nccc(CN)n2)cc1. The van der Waals surface area contributed by atoms with Crippen molar-refractivity contribution in [1.82, 2.24) is 9.97 Å². The Bertz CT molecular complexity index is 551. The van der Waals surface area contributed by atoms with Gasteiger partial charge in [-0.2, -0.15) is 0 Å². The molecule has 0 aliphatic carbocycles. The second-order valence-corrected chi connectivity index (χ2v) is 3.83. The maximum absolute atomic E-state index is 11.1. The molecular weight excluding hydrogens is 228 g/mol. The summed E-state index contributed by atoms with van der Waals surface area (Å²) >= 11 is 0. The molecule has 0 unspecified atom stereocenters. The average Bonchev–Trinajstić information content (AvgIpc) is 2.39.